The summed E-state index contributed by atoms with van der Waals surface area (Å²) in [5, 5.41) is 3.19. The topological polar surface area (TPSA) is 64.6 Å². The van der Waals surface area contributed by atoms with Crippen LogP contribution in [0.3, 0.4) is 0 Å². The highest BCUT2D eigenvalue weighted by Crippen LogP contribution is 2.60. The van der Waals surface area contributed by atoms with Crippen molar-refractivity contribution in [1.82, 2.24) is 5.32 Å². The number of esters is 1. The highest BCUT2D eigenvalue weighted by atomic mass is 28.4. The molecule has 4 bridgehead atoms. The summed E-state index contributed by atoms with van der Waals surface area (Å²) in [6.45, 7) is 11.5. The van der Waals surface area contributed by atoms with Crippen molar-refractivity contribution in [2.75, 3.05) is 13.7 Å². The van der Waals surface area contributed by atoms with Gasteiger partial charge in [-0.2, -0.15) is 0 Å². The molecule has 1 atom stereocenters. The molecule has 0 aromatic rings. The summed E-state index contributed by atoms with van der Waals surface area (Å²) in [5.74, 6) is 1.83. The van der Waals surface area contributed by atoms with Crippen LogP contribution in [0.5, 0.6) is 0 Å². The molecule has 6 heteroatoms. The van der Waals surface area contributed by atoms with Gasteiger partial charge in [-0.15, -0.1) is 0 Å². The van der Waals surface area contributed by atoms with Crippen molar-refractivity contribution in [3.05, 3.63) is 0 Å². The lowest BCUT2D eigenvalue weighted by atomic mass is 9.49. The maximum absolute atomic E-state index is 13.3. The minimum atomic E-state index is -1.88. The SMILES string of the molecule is COC(=O)[C@H](CCO[Si](C)(C)C(C)(C)C)NC(=O)C12CC3CC(CC(C3)C1)C2. The number of amides is 1. The number of nitrogens with one attached hydrogen (secondary N) is 1. The van der Waals surface area contributed by atoms with Gasteiger partial charge in [0.2, 0.25) is 5.91 Å². The molecule has 0 aromatic heterocycles. The Labute approximate surface area is 171 Å². The summed E-state index contributed by atoms with van der Waals surface area (Å²) < 4.78 is 11.2. The second-order valence-electron chi connectivity index (χ2n) is 11.1. The van der Waals surface area contributed by atoms with Crippen LogP contribution >= 0.6 is 0 Å². The average molecular weight is 410 g/mol. The van der Waals surface area contributed by atoms with E-state index in [4.69, 9.17) is 9.16 Å². The zero-order valence-corrected chi connectivity index (χ0v) is 19.6. The van der Waals surface area contributed by atoms with Gasteiger partial charge in [0.05, 0.1) is 7.11 Å². The third-order valence-electron chi connectivity index (χ3n) is 7.99. The predicted octanol–water partition coefficient (Wildman–Crippen LogP) is 4.27. The first kappa shape index (κ1) is 21.8. The molecule has 4 saturated carbocycles. The average Bonchev–Trinajstić information content (AvgIpc) is 2.57. The molecular weight excluding hydrogens is 370 g/mol. The van der Waals surface area contributed by atoms with Gasteiger partial charge in [-0.05, 0) is 74.4 Å². The van der Waals surface area contributed by atoms with Gasteiger partial charge in [0.1, 0.15) is 6.04 Å². The molecule has 4 fully saturated rings. The third-order valence-corrected chi connectivity index (χ3v) is 12.5. The molecule has 0 unspecified atom stereocenters. The Morgan fingerprint density at radius 2 is 1.57 bits per heavy atom. The van der Waals surface area contributed by atoms with Crippen LogP contribution in [-0.4, -0.2) is 40.0 Å². The van der Waals surface area contributed by atoms with Crippen LogP contribution in [0, 0.1) is 23.2 Å². The summed E-state index contributed by atoms with van der Waals surface area (Å²) >= 11 is 0. The maximum Gasteiger partial charge on any atom is 0.328 e. The van der Waals surface area contributed by atoms with E-state index < -0.39 is 14.4 Å². The van der Waals surface area contributed by atoms with Crippen LogP contribution in [0.4, 0.5) is 0 Å². The number of rotatable bonds is 7. The van der Waals surface area contributed by atoms with Crippen molar-refractivity contribution >= 4 is 20.2 Å². The van der Waals surface area contributed by atoms with E-state index in [1.807, 2.05) is 0 Å². The van der Waals surface area contributed by atoms with E-state index >= 15 is 0 Å². The molecule has 0 aliphatic heterocycles. The second kappa shape index (κ2) is 7.75. The standard InChI is InChI=1S/C22H39NO4Si/c1-21(2,3)28(5,6)27-8-7-18(19(24)26-4)23-20(25)22-12-15-9-16(13-22)11-17(10-15)14-22/h15-18H,7-14H2,1-6H3,(H,23,25)/t15?,16?,17?,18-,22?/m0/s1. The predicted molar refractivity (Wildman–Crippen MR) is 112 cm³/mol. The van der Waals surface area contributed by atoms with Gasteiger partial charge in [0.25, 0.3) is 0 Å². The minimum Gasteiger partial charge on any atom is -0.467 e. The lowest BCUT2D eigenvalue weighted by molar-refractivity contribution is -0.153. The fourth-order valence-corrected chi connectivity index (χ4v) is 6.80. The van der Waals surface area contributed by atoms with E-state index in [9.17, 15) is 9.59 Å². The number of methoxy groups -OCH3 is 1. The zero-order chi connectivity index (χ0) is 20.7. The molecule has 0 aromatic carbocycles. The van der Waals surface area contributed by atoms with Gasteiger partial charge in [-0.1, -0.05) is 20.8 Å². The lowest BCUT2D eigenvalue weighted by Crippen LogP contribution is -2.56. The van der Waals surface area contributed by atoms with E-state index in [-0.39, 0.29) is 22.3 Å². The molecule has 0 heterocycles. The van der Waals surface area contributed by atoms with E-state index in [1.165, 1.54) is 26.4 Å². The molecule has 28 heavy (non-hydrogen) atoms. The Morgan fingerprint density at radius 1 is 1.07 bits per heavy atom. The highest BCUT2D eigenvalue weighted by molar-refractivity contribution is 6.74. The molecule has 0 radical (unpaired) electrons. The number of hydrogen-bond donors (Lipinski definition) is 1. The van der Waals surface area contributed by atoms with Crippen LogP contribution in [0.1, 0.15) is 65.7 Å². The fourth-order valence-electron chi connectivity index (χ4n) is 5.74. The van der Waals surface area contributed by atoms with Gasteiger partial charge in [-0.3, -0.25) is 4.79 Å². The Kier molecular flexibility index (Phi) is 6.04. The molecular formula is C22H39NO4Si. The monoisotopic (exact) mass is 409 g/mol. The first-order valence-electron chi connectivity index (χ1n) is 11.0. The van der Waals surface area contributed by atoms with Gasteiger partial charge in [0.15, 0.2) is 8.32 Å². The zero-order valence-electron chi connectivity index (χ0n) is 18.6. The number of carbonyl (C=O) groups is 2. The van der Waals surface area contributed by atoms with Crippen molar-refractivity contribution in [2.45, 2.75) is 89.9 Å². The van der Waals surface area contributed by atoms with Crippen molar-refractivity contribution in [3.63, 3.8) is 0 Å². The number of ether oxygens (including phenoxy) is 1. The summed E-state index contributed by atoms with van der Waals surface area (Å²) in [7, 11) is -0.489. The number of hydrogen-bond acceptors (Lipinski definition) is 4. The van der Waals surface area contributed by atoms with E-state index in [0.717, 1.165) is 19.3 Å². The third kappa shape index (κ3) is 4.33. The van der Waals surface area contributed by atoms with E-state index in [2.05, 4.69) is 39.2 Å². The lowest BCUT2D eigenvalue weighted by Gasteiger charge is -2.55. The second-order valence-corrected chi connectivity index (χ2v) is 16.0. The molecule has 1 N–H and O–H groups in total. The van der Waals surface area contributed by atoms with Crippen LogP contribution in [-0.2, 0) is 18.8 Å². The molecule has 0 spiro atoms. The van der Waals surface area contributed by atoms with Crippen molar-refractivity contribution in [2.24, 2.45) is 23.2 Å². The first-order valence-corrected chi connectivity index (χ1v) is 13.9. The Balaban J connectivity index is 1.61. The normalized spacial score (nSPS) is 32.9. The van der Waals surface area contributed by atoms with Gasteiger partial charge in [0, 0.05) is 18.4 Å². The maximum atomic E-state index is 13.3. The van der Waals surface area contributed by atoms with Crippen LogP contribution in [0.2, 0.25) is 18.1 Å². The van der Waals surface area contributed by atoms with Crippen LogP contribution < -0.4 is 5.32 Å². The quantitative estimate of drug-likeness (QED) is 0.504. The van der Waals surface area contributed by atoms with Crippen molar-refractivity contribution in [3.8, 4) is 0 Å². The first-order chi connectivity index (χ1) is 13.0. The highest BCUT2D eigenvalue weighted by Gasteiger charge is 2.55. The summed E-state index contributed by atoms with van der Waals surface area (Å²) in [6.07, 6.45) is 7.36. The molecule has 0 saturated heterocycles. The molecule has 160 valence electrons. The fraction of sp³-hybridized carbons (Fsp3) is 0.909. The molecule has 4 aliphatic rings. The summed E-state index contributed by atoms with van der Waals surface area (Å²) in [4.78, 5) is 25.6. The smallest absolute Gasteiger partial charge is 0.328 e. The van der Waals surface area contributed by atoms with Crippen LogP contribution in [0.25, 0.3) is 0 Å². The molecule has 4 aliphatic carbocycles. The van der Waals surface area contributed by atoms with Gasteiger partial charge < -0.3 is 14.5 Å². The largest absolute Gasteiger partial charge is 0.467 e. The van der Waals surface area contributed by atoms with E-state index in [0.29, 0.717) is 30.8 Å². The van der Waals surface area contributed by atoms with E-state index in [1.54, 1.807) is 0 Å². The molecule has 1 amide bonds. The Bertz CT molecular complexity index is 575. The van der Waals surface area contributed by atoms with Gasteiger partial charge in [-0.25, -0.2) is 4.79 Å². The Hall–Kier alpha value is -0.883. The number of carbonyl (C=O) groups excluding carboxylic acids is 2. The summed E-state index contributed by atoms with van der Waals surface area (Å²) in [5.41, 5.74) is -0.249. The summed E-state index contributed by atoms with van der Waals surface area (Å²) in [6, 6.07) is -0.615. The van der Waals surface area contributed by atoms with Crippen molar-refractivity contribution in [1.29, 1.82) is 0 Å². The molecule has 5 nitrogen and oxygen atoms in total. The van der Waals surface area contributed by atoms with Crippen molar-refractivity contribution < 1.29 is 18.8 Å². The minimum absolute atomic E-state index is 0.0781. The van der Waals surface area contributed by atoms with Gasteiger partial charge >= 0.3 is 5.97 Å². The molecule has 4 rings (SSSR count). The Morgan fingerprint density at radius 3 is 2.00 bits per heavy atom. The van der Waals surface area contributed by atoms with Crippen LogP contribution in [0.15, 0.2) is 0 Å².